The van der Waals surface area contributed by atoms with Crippen LogP contribution in [0, 0.1) is 5.92 Å². The quantitative estimate of drug-likeness (QED) is 0.676. The molecule has 0 aromatic carbocycles. The number of likely N-dealkylation sites (tertiary alicyclic amines) is 1. The summed E-state index contributed by atoms with van der Waals surface area (Å²) in [4.78, 5) is 24.8. The number of nitrogens with one attached hydrogen (secondary N) is 1. The third-order valence-corrected chi connectivity index (χ3v) is 5.98. The van der Waals surface area contributed by atoms with Crippen LogP contribution in [-0.4, -0.2) is 91.4 Å². The van der Waals surface area contributed by atoms with Crippen LogP contribution in [0.15, 0.2) is 24.8 Å². The summed E-state index contributed by atoms with van der Waals surface area (Å²) in [6, 6.07) is 2.04. The maximum atomic E-state index is 5.43. The predicted octanol–water partition coefficient (Wildman–Crippen LogP) is 1.54. The lowest BCUT2D eigenvalue weighted by Crippen LogP contribution is -2.39. The van der Waals surface area contributed by atoms with Crippen LogP contribution < -0.4 is 15.1 Å². The van der Waals surface area contributed by atoms with E-state index in [0.717, 1.165) is 82.1 Å². The fourth-order valence-electron chi connectivity index (χ4n) is 4.42. The van der Waals surface area contributed by atoms with Gasteiger partial charge in [-0.15, -0.1) is 0 Å². The number of nitrogens with zero attached hydrogens (tertiary/aromatic N) is 7. The van der Waals surface area contributed by atoms with E-state index in [1.54, 1.807) is 18.7 Å². The van der Waals surface area contributed by atoms with Gasteiger partial charge >= 0.3 is 0 Å². The molecule has 0 saturated carbocycles. The molecule has 0 amide bonds. The third kappa shape index (κ3) is 6.01. The Morgan fingerprint density at radius 2 is 1.94 bits per heavy atom. The van der Waals surface area contributed by atoms with Crippen LogP contribution in [0.25, 0.3) is 0 Å². The van der Waals surface area contributed by atoms with Gasteiger partial charge in [-0.3, -0.25) is 4.98 Å². The second-order valence-electron chi connectivity index (χ2n) is 8.52. The number of aromatic nitrogens is 4. The maximum absolute atomic E-state index is 5.43. The fourth-order valence-corrected chi connectivity index (χ4v) is 4.42. The molecule has 0 bridgehead atoms. The van der Waals surface area contributed by atoms with Crippen LogP contribution in [0.1, 0.15) is 18.5 Å². The summed E-state index contributed by atoms with van der Waals surface area (Å²) >= 11 is 0. The molecule has 2 saturated heterocycles. The van der Waals surface area contributed by atoms with Gasteiger partial charge in [0, 0.05) is 65.3 Å². The molecule has 0 aliphatic carbocycles. The van der Waals surface area contributed by atoms with Crippen LogP contribution in [-0.2, 0) is 11.2 Å². The Labute approximate surface area is 184 Å². The molecule has 0 spiro atoms. The van der Waals surface area contributed by atoms with Gasteiger partial charge in [0.05, 0.1) is 18.9 Å². The Kier molecular flexibility index (Phi) is 7.48. The zero-order valence-corrected chi connectivity index (χ0v) is 18.7. The van der Waals surface area contributed by atoms with Crippen molar-refractivity contribution in [2.75, 3.05) is 81.7 Å². The normalized spacial score (nSPS) is 19.9. The van der Waals surface area contributed by atoms with E-state index in [-0.39, 0.29) is 0 Å². The molecular weight excluding hydrogens is 392 g/mol. The van der Waals surface area contributed by atoms with Gasteiger partial charge in [0.25, 0.3) is 0 Å². The molecule has 1 unspecified atom stereocenters. The van der Waals surface area contributed by atoms with Crippen LogP contribution in [0.5, 0.6) is 0 Å². The van der Waals surface area contributed by atoms with E-state index in [2.05, 4.69) is 40.0 Å². The summed E-state index contributed by atoms with van der Waals surface area (Å²) in [5.41, 5.74) is 1.11. The average molecular weight is 427 g/mol. The first-order valence-electron chi connectivity index (χ1n) is 11.3. The molecule has 4 rings (SSSR count). The summed E-state index contributed by atoms with van der Waals surface area (Å²) in [7, 11) is 4.06. The summed E-state index contributed by atoms with van der Waals surface area (Å²) in [6.07, 6.45) is 8.70. The molecular formula is C22H34N8O. The zero-order valence-electron chi connectivity index (χ0n) is 18.7. The number of ether oxygens (including phenoxy) is 1. The first kappa shape index (κ1) is 21.7. The molecule has 9 heteroatoms. The highest BCUT2D eigenvalue weighted by molar-refractivity contribution is 5.48. The van der Waals surface area contributed by atoms with Crippen molar-refractivity contribution >= 4 is 17.5 Å². The Bertz CT molecular complexity index is 827. The summed E-state index contributed by atoms with van der Waals surface area (Å²) in [5, 5.41) is 3.48. The van der Waals surface area contributed by atoms with Crippen LogP contribution in [0.4, 0.5) is 17.5 Å². The minimum atomic E-state index is 0.621. The Morgan fingerprint density at radius 1 is 1.10 bits per heavy atom. The van der Waals surface area contributed by atoms with Crippen molar-refractivity contribution in [2.45, 2.75) is 19.3 Å². The molecule has 2 aromatic heterocycles. The van der Waals surface area contributed by atoms with Gasteiger partial charge in [0.15, 0.2) is 0 Å². The highest BCUT2D eigenvalue weighted by Gasteiger charge is 2.22. The topological polar surface area (TPSA) is 82.5 Å². The van der Waals surface area contributed by atoms with Gasteiger partial charge in [0.1, 0.15) is 23.8 Å². The molecule has 2 fully saturated rings. The minimum absolute atomic E-state index is 0.621. The van der Waals surface area contributed by atoms with E-state index < -0.39 is 0 Å². The maximum Gasteiger partial charge on any atom is 0.149 e. The standard InChI is InChI=1S/C22H34N8O/c1-28(2)22-19(23-5-6-25-22)14-18-4-3-8-29(16-18)9-7-24-20-15-21(27-17-26-20)30-10-12-31-13-11-30/h5-6,15,17-18H,3-4,7-14,16H2,1-2H3,(H,24,26,27). The number of hydrogen-bond acceptors (Lipinski definition) is 9. The van der Waals surface area contributed by atoms with Gasteiger partial charge in [-0.1, -0.05) is 0 Å². The summed E-state index contributed by atoms with van der Waals surface area (Å²) in [5.74, 6) is 3.47. The zero-order chi connectivity index (χ0) is 21.5. The van der Waals surface area contributed by atoms with Crippen molar-refractivity contribution in [3.8, 4) is 0 Å². The van der Waals surface area contributed by atoms with Crippen molar-refractivity contribution in [1.82, 2.24) is 24.8 Å². The van der Waals surface area contributed by atoms with Crippen molar-refractivity contribution in [1.29, 1.82) is 0 Å². The molecule has 9 nitrogen and oxygen atoms in total. The van der Waals surface area contributed by atoms with Gasteiger partial charge < -0.3 is 24.8 Å². The SMILES string of the molecule is CN(C)c1nccnc1CC1CCCN(CCNc2cc(N3CCOCC3)ncn2)C1. The molecule has 2 aliphatic rings. The van der Waals surface area contributed by atoms with Crippen molar-refractivity contribution in [3.05, 3.63) is 30.5 Å². The third-order valence-electron chi connectivity index (χ3n) is 5.98. The second-order valence-corrected chi connectivity index (χ2v) is 8.52. The van der Waals surface area contributed by atoms with E-state index in [4.69, 9.17) is 4.74 Å². The molecule has 1 atom stereocenters. The van der Waals surface area contributed by atoms with Crippen LogP contribution in [0.2, 0.25) is 0 Å². The summed E-state index contributed by atoms with van der Waals surface area (Å²) < 4.78 is 5.43. The lowest BCUT2D eigenvalue weighted by atomic mass is 9.93. The van der Waals surface area contributed by atoms with E-state index in [1.165, 1.54) is 12.8 Å². The number of anilines is 3. The smallest absolute Gasteiger partial charge is 0.149 e. The second kappa shape index (κ2) is 10.7. The Hall–Kier alpha value is -2.52. The van der Waals surface area contributed by atoms with Gasteiger partial charge in [0.2, 0.25) is 0 Å². The van der Waals surface area contributed by atoms with E-state index >= 15 is 0 Å². The van der Waals surface area contributed by atoms with Crippen LogP contribution in [0.3, 0.4) is 0 Å². The first-order chi connectivity index (χ1) is 15.2. The first-order valence-corrected chi connectivity index (χ1v) is 11.3. The van der Waals surface area contributed by atoms with E-state index in [9.17, 15) is 0 Å². The number of rotatable bonds is 8. The highest BCUT2D eigenvalue weighted by atomic mass is 16.5. The molecule has 4 heterocycles. The lowest BCUT2D eigenvalue weighted by molar-refractivity contribution is 0.122. The highest BCUT2D eigenvalue weighted by Crippen LogP contribution is 2.23. The van der Waals surface area contributed by atoms with Gasteiger partial charge in [-0.25, -0.2) is 15.0 Å². The summed E-state index contributed by atoms with van der Waals surface area (Å²) in [6.45, 7) is 7.42. The molecule has 1 N–H and O–H groups in total. The van der Waals surface area contributed by atoms with Crippen molar-refractivity contribution in [2.24, 2.45) is 5.92 Å². The number of hydrogen-bond donors (Lipinski definition) is 1. The van der Waals surface area contributed by atoms with Gasteiger partial charge in [-0.2, -0.15) is 0 Å². The molecule has 168 valence electrons. The molecule has 2 aliphatic heterocycles. The van der Waals surface area contributed by atoms with Crippen molar-refractivity contribution in [3.63, 3.8) is 0 Å². The Balaban J connectivity index is 1.26. The van der Waals surface area contributed by atoms with Crippen LogP contribution >= 0.6 is 0 Å². The predicted molar refractivity (Wildman–Crippen MR) is 123 cm³/mol. The monoisotopic (exact) mass is 426 g/mol. The number of morpholine rings is 1. The lowest BCUT2D eigenvalue weighted by Gasteiger charge is -2.33. The number of piperidine rings is 1. The molecule has 31 heavy (non-hydrogen) atoms. The molecule has 0 radical (unpaired) electrons. The Morgan fingerprint density at radius 3 is 2.77 bits per heavy atom. The minimum Gasteiger partial charge on any atom is -0.378 e. The largest absolute Gasteiger partial charge is 0.378 e. The van der Waals surface area contributed by atoms with E-state index in [1.807, 2.05) is 20.2 Å². The van der Waals surface area contributed by atoms with Gasteiger partial charge in [-0.05, 0) is 31.7 Å². The fraction of sp³-hybridized carbons (Fsp3) is 0.636. The average Bonchev–Trinajstić information content (AvgIpc) is 2.80. The molecule has 2 aromatic rings. The van der Waals surface area contributed by atoms with Crippen molar-refractivity contribution < 1.29 is 4.74 Å². The van der Waals surface area contributed by atoms with E-state index in [0.29, 0.717) is 5.92 Å².